The molecule has 0 N–H and O–H groups in total. The Balaban J connectivity index is -0.0000000599. The van der Waals surface area contributed by atoms with Gasteiger partial charge in [0.1, 0.15) is 0 Å². The average Bonchev–Trinajstić information content (AvgIpc) is 1.29. The van der Waals surface area contributed by atoms with Gasteiger partial charge in [0.15, 0.2) is 0 Å². The Morgan fingerprint density at radius 3 is 0.735 bits per heavy atom. The minimum atomic E-state index is 0. The summed E-state index contributed by atoms with van der Waals surface area (Å²) in [6, 6.07) is 16.8. The van der Waals surface area contributed by atoms with Crippen molar-refractivity contribution in [2.75, 3.05) is 139 Å². The quantitative estimate of drug-likeness (QED) is 0.0591. The van der Waals surface area contributed by atoms with Crippen LogP contribution in [0.25, 0.3) is 0 Å². The number of nitrogens with zero attached hydrogens (tertiary/aromatic N) is 2. The molecule has 0 aromatic heterocycles. The van der Waals surface area contributed by atoms with Gasteiger partial charge in [-0.15, -0.1) is 0 Å². The molecule has 12 heteroatoms. The fourth-order valence-electron chi connectivity index (χ4n) is 6.32. The van der Waals surface area contributed by atoms with Crippen molar-refractivity contribution in [3.63, 3.8) is 0 Å². The lowest BCUT2D eigenvalue weighted by Gasteiger charge is -2.12. The van der Waals surface area contributed by atoms with Gasteiger partial charge in [0.25, 0.3) is 0 Å². The van der Waals surface area contributed by atoms with Gasteiger partial charge in [-0.25, -0.2) is 0 Å². The third-order valence-corrected chi connectivity index (χ3v) is 12.4. The molecule has 0 saturated heterocycles. The summed E-state index contributed by atoms with van der Waals surface area (Å²) in [5.41, 5.74) is 4.97. The molecule has 2 atom stereocenters. The highest BCUT2D eigenvalue weighted by Crippen LogP contribution is 2.08. The third-order valence-electron chi connectivity index (χ3n) is 12.4. The summed E-state index contributed by atoms with van der Waals surface area (Å²) in [4.78, 5) is 4.61. The number of aryl methyl sites for hydroxylation is 1. The normalized spacial score (nSPS) is 10.1. The van der Waals surface area contributed by atoms with Gasteiger partial charge in [-0.2, -0.15) is 0 Å². The second-order valence-corrected chi connectivity index (χ2v) is 23.2. The Bertz CT molecular complexity index is 1350. The molecular weight excluding hydrogens is 1220 g/mol. The Morgan fingerprint density at radius 1 is 0.296 bits per heavy atom. The van der Waals surface area contributed by atoms with Crippen LogP contribution in [0.15, 0.2) is 48.5 Å². The molecule has 2 aromatic rings. The average molecular weight is 1410 g/mol. The van der Waals surface area contributed by atoms with Crippen LogP contribution in [0, 0.1) is 18.8 Å². The molecule has 0 radical (unpaired) electrons. The molecule has 2 aromatic carbocycles. The zero-order valence-corrected chi connectivity index (χ0v) is 67.4. The van der Waals surface area contributed by atoms with Crippen molar-refractivity contribution < 1.29 is 47.4 Å². The number of ether oxygens (including phenoxy) is 10. The van der Waals surface area contributed by atoms with Crippen molar-refractivity contribution in [2.24, 2.45) is 11.8 Å². The summed E-state index contributed by atoms with van der Waals surface area (Å²) in [6.45, 7) is 75.0. The van der Waals surface area contributed by atoms with Crippen molar-refractivity contribution in [2.45, 2.75) is 346 Å². The van der Waals surface area contributed by atoms with Gasteiger partial charge in [-0.3, -0.25) is 0 Å². The summed E-state index contributed by atoms with van der Waals surface area (Å²) < 4.78 is 52.2. The van der Waals surface area contributed by atoms with Gasteiger partial charge >= 0.3 is 0 Å². The van der Waals surface area contributed by atoms with Crippen LogP contribution in [-0.4, -0.2) is 161 Å². The summed E-state index contributed by atoms with van der Waals surface area (Å²) >= 11 is 0. The fraction of sp³-hybridized carbons (Fsp3) is 0.860. The van der Waals surface area contributed by atoms with Crippen LogP contribution in [-0.2, 0) is 67.2 Å². The van der Waals surface area contributed by atoms with E-state index in [-0.39, 0.29) is 44.6 Å². The van der Waals surface area contributed by atoms with Gasteiger partial charge in [0.2, 0.25) is 0 Å². The summed E-state index contributed by atoms with van der Waals surface area (Å²) in [6.07, 6.45) is 17.9. The predicted octanol–water partition coefficient (Wildman–Crippen LogP) is 25.8. The number of benzene rings is 2. The van der Waals surface area contributed by atoms with E-state index in [1.807, 2.05) is 48.5 Å². The first-order chi connectivity index (χ1) is 44.2. The first kappa shape index (κ1) is 132. The van der Waals surface area contributed by atoms with Crippen LogP contribution in [0.5, 0.6) is 0 Å². The van der Waals surface area contributed by atoms with Gasteiger partial charge in [-0.05, 0) is 202 Å². The molecule has 606 valence electrons. The maximum Gasteiger partial charge on any atom is 0.0716 e. The molecular formula is C86H192N2O10. The summed E-state index contributed by atoms with van der Waals surface area (Å²) in [5, 5.41) is 0. The van der Waals surface area contributed by atoms with Crippen LogP contribution >= 0.6 is 0 Å². The zero-order valence-electron chi connectivity index (χ0n) is 67.4. The largest absolute Gasteiger partial charge is 0.382 e. The Kier molecular flexibility index (Phi) is 168. The topological polar surface area (TPSA) is 98.8 Å². The molecule has 2 rings (SSSR count). The Labute approximate surface area is 622 Å². The van der Waals surface area contributed by atoms with E-state index in [9.17, 15) is 0 Å². The molecule has 0 aliphatic carbocycles. The van der Waals surface area contributed by atoms with Crippen molar-refractivity contribution in [1.29, 1.82) is 0 Å². The number of unbranched alkanes of at least 4 members (excludes halogenated alkanes) is 4. The minimum Gasteiger partial charge on any atom is -0.382 e. The van der Waals surface area contributed by atoms with Crippen molar-refractivity contribution in [1.82, 2.24) is 9.80 Å². The van der Waals surface area contributed by atoms with Crippen molar-refractivity contribution in [3.8, 4) is 0 Å². The van der Waals surface area contributed by atoms with Crippen LogP contribution in [0.4, 0.5) is 0 Å². The predicted molar refractivity (Wildman–Crippen MR) is 449 cm³/mol. The number of hydrogen-bond acceptors (Lipinski definition) is 12. The van der Waals surface area contributed by atoms with Gasteiger partial charge in [0, 0.05) is 99.1 Å². The Morgan fingerprint density at radius 2 is 0.551 bits per heavy atom. The van der Waals surface area contributed by atoms with E-state index in [1.54, 1.807) is 0 Å². The smallest absolute Gasteiger partial charge is 0.0716 e. The summed E-state index contributed by atoms with van der Waals surface area (Å²) in [5.74, 6) is 1.33. The molecule has 0 bridgehead atoms. The maximum absolute atomic E-state index is 5.45. The molecule has 0 saturated carbocycles. The monoisotopic (exact) mass is 1410 g/mol. The molecule has 0 fully saturated rings. The highest BCUT2D eigenvalue weighted by atomic mass is 16.5. The minimum absolute atomic E-state index is 0. The molecule has 98 heavy (non-hydrogen) atoms. The molecule has 0 aliphatic heterocycles. The van der Waals surface area contributed by atoms with Crippen LogP contribution in [0.2, 0.25) is 0 Å². The highest BCUT2D eigenvalue weighted by Gasteiger charge is 2.01. The molecule has 0 heterocycles. The van der Waals surface area contributed by atoms with E-state index in [4.69, 9.17) is 47.4 Å². The van der Waals surface area contributed by atoms with E-state index in [0.29, 0.717) is 37.3 Å². The van der Waals surface area contributed by atoms with E-state index >= 15 is 0 Å². The Hall–Kier alpha value is -2.04. The second-order valence-electron chi connectivity index (χ2n) is 23.2. The molecule has 0 aliphatic rings. The van der Waals surface area contributed by atoms with Crippen LogP contribution < -0.4 is 0 Å². The lowest BCUT2D eigenvalue weighted by molar-refractivity contribution is 0.0454. The highest BCUT2D eigenvalue weighted by molar-refractivity contribution is 5.21. The lowest BCUT2D eigenvalue weighted by atomic mass is 10.1. The SMILES string of the molecule is C.C.C.C.C.C.CCC(C)OCC(C)C.CCC(C)OCC(C)C.CCCCCOCCCCC.CCCN(C)CCC.CCCOCCC.CCCOCCC.CCN(C)CC.CCOCC.CCOCC.CCOCc1ccc(C)cc1.CCOCc1ccc(COCC)cc1. The molecule has 12 nitrogen and oxygen atoms in total. The van der Waals surface area contributed by atoms with E-state index in [0.717, 1.165) is 157 Å². The third kappa shape index (κ3) is 148. The van der Waals surface area contributed by atoms with Gasteiger partial charge < -0.3 is 57.2 Å². The standard InChI is InChI=1S/C12H18O2.C10H14O.C10H22O.2C8H18O.C7H17N.2C6H14O.C5H13N.2C4H10O.6CH4/c1-3-13-9-11-5-7-12(8-6-11)10-14-4-2;1-3-11-8-10-6-4-9(2)5-7-10;1-3-5-7-9-11-10-8-6-4-2;2*1-5-8(4)9-6-7(2)3;1-4-6-8(3)7-5-2;2*1-3-5-7-6-4-2;1-4-6(3)5-2;2*1-3-5-4-2;;;;;;/h5-8H,3-4,9-10H2,1-2H3;4-7H,3,8H2,1-2H3;3-10H2,1-2H3;2*7-8H,5-6H2,1-4H3;4-7H2,1-3H3;2*3-6H2,1-2H3;4-5H2,1-3H3;2*3-4H2,1-2H3;6*1H4. The van der Waals surface area contributed by atoms with Crippen LogP contribution in [0.3, 0.4) is 0 Å². The molecule has 2 unspecified atom stereocenters. The zero-order chi connectivity index (χ0) is 72.0. The lowest BCUT2D eigenvalue weighted by Crippen LogP contribution is -2.19. The van der Waals surface area contributed by atoms with E-state index in [2.05, 4.69) is 204 Å². The molecule has 0 amide bonds. The van der Waals surface area contributed by atoms with Crippen LogP contribution in [0.1, 0.15) is 330 Å². The van der Waals surface area contributed by atoms with Gasteiger partial charge in [-0.1, -0.05) is 235 Å². The van der Waals surface area contributed by atoms with E-state index < -0.39 is 0 Å². The maximum atomic E-state index is 5.45. The number of hydrogen-bond donors (Lipinski definition) is 0. The van der Waals surface area contributed by atoms with E-state index in [1.165, 1.54) is 86.7 Å². The summed E-state index contributed by atoms with van der Waals surface area (Å²) in [7, 11) is 4.28. The van der Waals surface area contributed by atoms with Gasteiger partial charge in [0.05, 0.1) is 32.0 Å². The van der Waals surface area contributed by atoms with Crippen molar-refractivity contribution in [3.05, 3.63) is 70.8 Å². The second kappa shape index (κ2) is 125. The fourth-order valence-corrected chi connectivity index (χ4v) is 6.32. The first-order valence-corrected chi connectivity index (χ1v) is 37.6. The van der Waals surface area contributed by atoms with Crippen molar-refractivity contribution >= 4 is 0 Å². The number of rotatable bonds is 43. The molecule has 0 spiro atoms. The first-order valence-electron chi connectivity index (χ1n) is 37.6.